The Hall–Kier alpha value is -1.69. The van der Waals surface area contributed by atoms with E-state index in [0.717, 1.165) is 19.4 Å². The van der Waals surface area contributed by atoms with Crippen molar-refractivity contribution < 1.29 is 4.39 Å². The molecule has 0 amide bonds. The predicted octanol–water partition coefficient (Wildman–Crippen LogP) is 3.28. The molecule has 0 aromatic carbocycles. The third kappa shape index (κ3) is 2.90. The maximum absolute atomic E-state index is 14.1. The molecule has 3 rings (SSSR count). The number of anilines is 2. The lowest BCUT2D eigenvalue weighted by atomic mass is 10.3. The lowest BCUT2D eigenvalue weighted by Gasteiger charge is -2.23. The Bertz CT molecular complexity index is 569. The number of nitrogens with one attached hydrogen (secondary N) is 1. The quantitative estimate of drug-likeness (QED) is 0.887. The zero-order valence-electron chi connectivity index (χ0n) is 11.3. The van der Waals surface area contributed by atoms with Gasteiger partial charge in [-0.2, -0.15) is 16.3 Å². The molecule has 6 heteroatoms. The van der Waals surface area contributed by atoms with Crippen molar-refractivity contribution in [1.29, 1.82) is 0 Å². The smallest absolute Gasteiger partial charge is 0.224 e. The van der Waals surface area contributed by atoms with Crippen molar-refractivity contribution >= 4 is 23.1 Å². The highest BCUT2D eigenvalue weighted by molar-refractivity contribution is 7.07. The second-order valence-corrected chi connectivity index (χ2v) is 5.67. The highest BCUT2D eigenvalue weighted by atomic mass is 32.1. The Balaban J connectivity index is 1.88. The average molecular weight is 292 g/mol. The van der Waals surface area contributed by atoms with Gasteiger partial charge in [0, 0.05) is 19.1 Å². The molecular formula is C14H17FN4S. The predicted molar refractivity (Wildman–Crippen MR) is 79.7 cm³/mol. The van der Waals surface area contributed by atoms with Crippen molar-refractivity contribution in [2.45, 2.75) is 32.4 Å². The van der Waals surface area contributed by atoms with E-state index in [9.17, 15) is 4.39 Å². The molecular weight excluding hydrogens is 275 g/mol. The minimum Gasteiger partial charge on any atom is -0.354 e. The largest absolute Gasteiger partial charge is 0.354 e. The highest BCUT2D eigenvalue weighted by Gasteiger charge is 2.32. The van der Waals surface area contributed by atoms with Crippen molar-refractivity contribution in [3.8, 4) is 0 Å². The molecule has 0 atom stereocenters. The zero-order valence-corrected chi connectivity index (χ0v) is 12.2. The average Bonchev–Trinajstić information content (AvgIpc) is 3.16. The molecule has 0 unspecified atom stereocenters. The van der Waals surface area contributed by atoms with E-state index in [4.69, 9.17) is 0 Å². The molecule has 1 aliphatic carbocycles. The van der Waals surface area contributed by atoms with Gasteiger partial charge in [0.25, 0.3) is 0 Å². The fraction of sp³-hybridized carbons (Fsp3) is 0.429. The molecule has 0 saturated heterocycles. The molecule has 1 fully saturated rings. The summed E-state index contributed by atoms with van der Waals surface area (Å²) < 4.78 is 14.1. The second-order valence-electron chi connectivity index (χ2n) is 4.89. The Morgan fingerprint density at radius 2 is 2.35 bits per heavy atom. The summed E-state index contributed by atoms with van der Waals surface area (Å²) in [4.78, 5) is 10.4. The molecule has 0 bridgehead atoms. The van der Waals surface area contributed by atoms with Crippen LogP contribution in [0.4, 0.5) is 16.2 Å². The highest BCUT2D eigenvalue weighted by Crippen LogP contribution is 2.33. The van der Waals surface area contributed by atoms with E-state index < -0.39 is 0 Å². The van der Waals surface area contributed by atoms with Crippen LogP contribution in [-0.4, -0.2) is 22.6 Å². The van der Waals surface area contributed by atoms with Crippen LogP contribution in [0.2, 0.25) is 0 Å². The Morgan fingerprint density at radius 1 is 1.50 bits per heavy atom. The molecule has 0 radical (unpaired) electrons. The van der Waals surface area contributed by atoms with Crippen LogP contribution in [0.3, 0.4) is 0 Å². The fourth-order valence-corrected chi connectivity index (χ4v) is 2.81. The van der Waals surface area contributed by atoms with Crippen LogP contribution < -0.4 is 10.2 Å². The van der Waals surface area contributed by atoms with Crippen LogP contribution >= 0.6 is 11.3 Å². The first-order valence-corrected chi connectivity index (χ1v) is 7.76. The number of hydrogen-bond donors (Lipinski definition) is 1. The molecule has 0 spiro atoms. The molecule has 2 aromatic heterocycles. The van der Waals surface area contributed by atoms with E-state index in [1.54, 1.807) is 11.3 Å². The van der Waals surface area contributed by atoms with Crippen LogP contribution in [0.5, 0.6) is 0 Å². The summed E-state index contributed by atoms with van der Waals surface area (Å²) in [7, 11) is 0. The molecule has 1 saturated carbocycles. The second kappa shape index (κ2) is 5.75. The van der Waals surface area contributed by atoms with Gasteiger partial charge in [0.05, 0.1) is 6.20 Å². The molecule has 2 heterocycles. The molecule has 2 aromatic rings. The van der Waals surface area contributed by atoms with Gasteiger partial charge in [0.15, 0.2) is 11.6 Å². The van der Waals surface area contributed by atoms with Crippen molar-refractivity contribution in [1.82, 2.24) is 9.97 Å². The van der Waals surface area contributed by atoms with E-state index >= 15 is 0 Å². The summed E-state index contributed by atoms with van der Waals surface area (Å²) in [6.07, 6.45) is 3.46. The van der Waals surface area contributed by atoms with E-state index in [-0.39, 0.29) is 5.82 Å². The van der Waals surface area contributed by atoms with Crippen molar-refractivity contribution in [3.63, 3.8) is 0 Å². The van der Waals surface area contributed by atoms with E-state index in [1.165, 1.54) is 11.8 Å². The number of rotatable bonds is 6. The van der Waals surface area contributed by atoms with Gasteiger partial charge in [-0.25, -0.2) is 9.37 Å². The van der Waals surface area contributed by atoms with E-state index in [1.807, 2.05) is 12.3 Å². The van der Waals surface area contributed by atoms with Gasteiger partial charge in [-0.1, -0.05) is 0 Å². The summed E-state index contributed by atoms with van der Waals surface area (Å²) in [5.74, 6) is 0.540. The molecule has 106 valence electrons. The summed E-state index contributed by atoms with van der Waals surface area (Å²) >= 11 is 1.66. The number of hydrogen-bond acceptors (Lipinski definition) is 5. The van der Waals surface area contributed by atoms with Gasteiger partial charge in [-0.15, -0.1) is 0 Å². The van der Waals surface area contributed by atoms with Gasteiger partial charge in [-0.3, -0.25) is 0 Å². The third-order valence-electron chi connectivity index (χ3n) is 3.25. The standard InChI is InChI=1S/C14H17FN4S/c1-2-16-14-17-7-12(15)13(18-14)19(11-3-4-11)8-10-5-6-20-9-10/h5-7,9,11H,2-4,8H2,1H3,(H,16,17,18). The number of halogens is 1. The van der Waals surface area contributed by atoms with Gasteiger partial charge < -0.3 is 10.2 Å². The number of nitrogens with zero attached hydrogens (tertiary/aromatic N) is 3. The van der Waals surface area contributed by atoms with E-state index in [2.05, 4.69) is 31.6 Å². The van der Waals surface area contributed by atoms with Crippen LogP contribution in [-0.2, 0) is 6.54 Å². The normalized spacial score (nSPS) is 14.3. The minimum atomic E-state index is -0.353. The number of aromatic nitrogens is 2. The van der Waals surface area contributed by atoms with Crippen LogP contribution in [0.1, 0.15) is 25.3 Å². The van der Waals surface area contributed by atoms with Crippen molar-refractivity contribution in [2.75, 3.05) is 16.8 Å². The lowest BCUT2D eigenvalue weighted by Crippen LogP contribution is -2.27. The first-order chi connectivity index (χ1) is 9.78. The summed E-state index contributed by atoms with van der Waals surface area (Å²) in [6, 6.07) is 2.47. The molecule has 20 heavy (non-hydrogen) atoms. The fourth-order valence-electron chi connectivity index (χ4n) is 2.15. The Kier molecular flexibility index (Phi) is 3.82. The summed E-state index contributed by atoms with van der Waals surface area (Å²) in [5.41, 5.74) is 1.20. The maximum Gasteiger partial charge on any atom is 0.224 e. The molecule has 4 nitrogen and oxygen atoms in total. The maximum atomic E-state index is 14.1. The van der Waals surface area contributed by atoms with Crippen LogP contribution in [0, 0.1) is 5.82 Å². The summed E-state index contributed by atoms with van der Waals surface area (Å²) in [5, 5.41) is 7.17. The van der Waals surface area contributed by atoms with Gasteiger partial charge in [0.1, 0.15) is 0 Å². The zero-order chi connectivity index (χ0) is 13.9. The van der Waals surface area contributed by atoms with Gasteiger partial charge >= 0.3 is 0 Å². The number of thiophene rings is 1. The van der Waals surface area contributed by atoms with E-state index in [0.29, 0.717) is 24.4 Å². The van der Waals surface area contributed by atoms with Gasteiger partial charge in [-0.05, 0) is 42.2 Å². The Labute approximate surface area is 121 Å². The third-order valence-corrected chi connectivity index (χ3v) is 3.99. The first-order valence-electron chi connectivity index (χ1n) is 6.82. The van der Waals surface area contributed by atoms with Crippen molar-refractivity contribution in [2.24, 2.45) is 0 Å². The Morgan fingerprint density at radius 3 is 3.00 bits per heavy atom. The van der Waals surface area contributed by atoms with Crippen molar-refractivity contribution in [3.05, 3.63) is 34.4 Å². The molecule has 1 N–H and O–H groups in total. The monoisotopic (exact) mass is 292 g/mol. The van der Waals surface area contributed by atoms with Crippen LogP contribution in [0.25, 0.3) is 0 Å². The summed E-state index contributed by atoms with van der Waals surface area (Å²) in [6.45, 7) is 3.39. The molecule has 1 aliphatic rings. The lowest BCUT2D eigenvalue weighted by molar-refractivity contribution is 0.599. The van der Waals surface area contributed by atoms with Gasteiger partial charge in [0.2, 0.25) is 5.95 Å². The topological polar surface area (TPSA) is 41.1 Å². The van der Waals surface area contributed by atoms with Crippen LogP contribution in [0.15, 0.2) is 23.0 Å². The molecule has 0 aliphatic heterocycles. The SMILES string of the molecule is CCNc1ncc(F)c(N(Cc2ccsc2)C2CC2)n1. The first kappa shape index (κ1) is 13.3. The minimum absolute atomic E-state index is 0.353.